The highest BCUT2D eigenvalue weighted by molar-refractivity contribution is 7.13. The van der Waals surface area contributed by atoms with Gasteiger partial charge in [0.05, 0.1) is 33.7 Å². The van der Waals surface area contributed by atoms with Gasteiger partial charge in [-0.25, -0.2) is 19.9 Å². The Morgan fingerprint density at radius 2 is 1.82 bits per heavy atom. The average molecular weight is 562 g/mol. The number of aryl methyl sites for hydroxylation is 1. The quantitative estimate of drug-likeness (QED) is 0.248. The van der Waals surface area contributed by atoms with Crippen LogP contribution in [0, 0.1) is 6.92 Å². The number of carbonyl (C=O) groups is 2. The molecule has 14 heteroatoms. The molecule has 1 atom stereocenters. The first-order chi connectivity index (χ1) is 18.0. The lowest BCUT2D eigenvalue weighted by molar-refractivity contribution is -0.137. The Labute approximate surface area is 223 Å². The van der Waals surface area contributed by atoms with Crippen molar-refractivity contribution in [3.63, 3.8) is 0 Å². The van der Waals surface area contributed by atoms with Gasteiger partial charge in [-0.1, -0.05) is 18.5 Å². The third kappa shape index (κ3) is 6.66. The summed E-state index contributed by atoms with van der Waals surface area (Å²) in [6.07, 6.45) is 0.400. The molecule has 4 aromatic heterocycles. The van der Waals surface area contributed by atoms with Gasteiger partial charge < -0.3 is 10.6 Å². The Morgan fingerprint density at radius 3 is 2.53 bits per heavy atom. The second-order valence-corrected chi connectivity index (χ2v) is 9.66. The number of nitrogens with zero attached hydrogens (tertiary/aromatic N) is 5. The number of rotatable bonds is 8. The highest BCUT2D eigenvalue weighted by Crippen LogP contribution is 2.35. The van der Waals surface area contributed by atoms with Crippen LogP contribution in [-0.4, -0.2) is 36.6 Å². The first kappa shape index (κ1) is 27.1. The lowest BCUT2D eigenvalue weighted by Gasteiger charge is -2.10. The van der Waals surface area contributed by atoms with Crippen molar-refractivity contribution in [2.24, 2.45) is 0 Å². The van der Waals surface area contributed by atoms with Crippen molar-refractivity contribution in [1.29, 1.82) is 0 Å². The van der Waals surface area contributed by atoms with Crippen LogP contribution in [0.5, 0.6) is 0 Å². The highest BCUT2D eigenvalue weighted by atomic mass is 35.5. The van der Waals surface area contributed by atoms with Crippen molar-refractivity contribution in [2.45, 2.75) is 32.4 Å². The van der Waals surface area contributed by atoms with Crippen molar-refractivity contribution in [2.75, 3.05) is 10.6 Å². The van der Waals surface area contributed by atoms with Crippen molar-refractivity contribution >= 4 is 52.0 Å². The summed E-state index contributed by atoms with van der Waals surface area (Å²) in [7, 11) is 0. The van der Waals surface area contributed by atoms with E-state index in [4.69, 9.17) is 11.6 Å². The molecule has 0 radical (unpaired) electrons. The number of halogens is 4. The van der Waals surface area contributed by atoms with Crippen molar-refractivity contribution in [1.82, 2.24) is 24.9 Å². The zero-order valence-corrected chi connectivity index (χ0v) is 21.4. The lowest BCUT2D eigenvalue weighted by Crippen LogP contribution is -2.13. The van der Waals surface area contributed by atoms with Gasteiger partial charge in [0.15, 0.2) is 5.78 Å². The van der Waals surface area contributed by atoms with Crippen LogP contribution in [-0.2, 0) is 6.18 Å². The molecule has 196 valence electrons. The molecule has 0 aliphatic heterocycles. The Morgan fingerprint density at radius 1 is 1.03 bits per heavy atom. The van der Waals surface area contributed by atoms with Crippen molar-refractivity contribution < 1.29 is 22.8 Å². The zero-order valence-electron chi connectivity index (χ0n) is 19.9. The fourth-order valence-electron chi connectivity index (χ4n) is 3.26. The summed E-state index contributed by atoms with van der Waals surface area (Å²) in [6.45, 7) is 3.64. The number of hydrogen-bond acceptors (Lipinski definition) is 9. The summed E-state index contributed by atoms with van der Waals surface area (Å²) in [4.78, 5) is 45.9. The predicted octanol–water partition coefficient (Wildman–Crippen LogP) is 6.08. The maximum absolute atomic E-state index is 13.1. The van der Waals surface area contributed by atoms with Crippen LogP contribution >= 0.6 is 22.9 Å². The monoisotopic (exact) mass is 561 g/mol. The molecule has 0 aromatic carbocycles. The molecule has 0 saturated carbocycles. The molecular weight excluding hydrogens is 543 g/mol. The number of amides is 1. The van der Waals surface area contributed by atoms with E-state index in [0.29, 0.717) is 22.6 Å². The van der Waals surface area contributed by atoms with E-state index in [-0.39, 0.29) is 34.5 Å². The maximum atomic E-state index is 13.1. The van der Waals surface area contributed by atoms with E-state index in [1.54, 1.807) is 13.1 Å². The van der Waals surface area contributed by atoms with E-state index < -0.39 is 22.7 Å². The molecule has 0 aliphatic rings. The normalized spacial score (nSPS) is 12.2. The summed E-state index contributed by atoms with van der Waals surface area (Å²) < 4.78 is 39.2. The summed E-state index contributed by atoms with van der Waals surface area (Å²) in [5.74, 6) is -1.17. The molecule has 1 unspecified atom stereocenters. The molecule has 1 amide bonds. The third-order valence-electron chi connectivity index (χ3n) is 5.20. The number of Topliss-reactive ketones (excluding diaryl/α,β-unsaturated/α-hetero) is 1. The average Bonchev–Trinajstić information content (AvgIpc) is 3.37. The molecule has 9 nitrogen and oxygen atoms in total. The van der Waals surface area contributed by atoms with Gasteiger partial charge in [-0.05, 0) is 25.1 Å². The van der Waals surface area contributed by atoms with Crippen LogP contribution < -0.4 is 10.6 Å². The van der Waals surface area contributed by atoms with Gasteiger partial charge in [-0.2, -0.15) is 13.2 Å². The Bertz CT molecular complexity index is 1480. The van der Waals surface area contributed by atoms with E-state index in [2.05, 4.69) is 35.6 Å². The van der Waals surface area contributed by atoms with Crippen LogP contribution in [0.2, 0.25) is 5.02 Å². The summed E-state index contributed by atoms with van der Waals surface area (Å²) >= 11 is 6.58. The van der Waals surface area contributed by atoms with E-state index in [9.17, 15) is 22.8 Å². The summed E-state index contributed by atoms with van der Waals surface area (Å²) in [6, 6.07) is 5.86. The van der Waals surface area contributed by atoms with Gasteiger partial charge in [-0.3, -0.25) is 14.6 Å². The SMILES string of the molecule is Cc1ccc(Nc2cc(C(=O)CC(C)c3ncc(C(=O)Nc4cc(C(F)(F)F)c(Cl)cn4)s3)ncn2)cn1. The fourth-order valence-corrected chi connectivity index (χ4v) is 4.34. The smallest absolute Gasteiger partial charge is 0.339 e. The molecule has 0 aliphatic carbocycles. The molecule has 0 spiro atoms. The Kier molecular flexibility index (Phi) is 7.97. The van der Waals surface area contributed by atoms with Gasteiger partial charge in [-0.15, -0.1) is 11.3 Å². The van der Waals surface area contributed by atoms with Gasteiger partial charge >= 0.3 is 6.18 Å². The molecule has 0 saturated heterocycles. The number of thiazole rings is 1. The standard InChI is InChI=1S/C24H19ClF3N7O2S/c1-12(5-18(36)17-7-21(33-11-32-17)34-14-4-3-13(2)29-8-14)23-31-10-19(38-23)22(37)35-20-6-15(24(26,27)28)16(25)9-30-20/h3-4,6-12H,5H2,1-2H3,(H,30,35,37)(H,32,33,34). The molecule has 2 N–H and O–H groups in total. The number of nitrogens with one attached hydrogen (secondary N) is 2. The minimum absolute atomic E-state index is 0.0603. The Balaban J connectivity index is 1.39. The minimum Gasteiger partial charge on any atom is -0.339 e. The topological polar surface area (TPSA) is 123 Å². The van der Waals surface area contributed by atoms with Crippen LogP contribution in [0.25, 0.3) is 0 Å². The van der Waals surface area contributed by atoms with Crippen LogP contribution in [0.1, 0.15) is 55.7 Å². The number of anilines is 3. The number of ketones is 1. The number of pyridine rings is 2. The van der Waals surface area contributed by atoms with E-state index >= 15 is 0 Å². The van der Waals surface area contributed by atoms with Crippen LogP contribution in [0.15, 0.2) is 49.2 Å². The number of aromatic nitrogens is 5. The molecule has 0 bridgehead atoms. The lowest BCUT2D eigenvalue weighted by atomic mass is 10.0. The molecular formula is C24H19ClF3N7O2S. The Hall–Kier alpha value is -3.97. The molecule has 38 heavy (non-hydrogen) atoms. The maximum Gasteiger partial charge on any atom is 0.418 e. The number of carbonyl (C=O) groups excluding carboxylic acids is 2. The fraction of sp³-hybridized carbons (Fsp3) is 0.208. The van der Waals surface area contributed by atoms with Crippen LogP contribution in [0.4, 0.5) is 30.5 Å². The first-order valence-corrected chi connectivity index (χ1v) is 12.2. The second-order valence-electron chi connectivity index (χ2n) is 8.19. The zero-order chi connectivity index (χ0) is 27.4. The first-order valence-electron chi connectivity index (χ1n) is 11.0. The van der Waals surface area contributed by atoms with Crippen molar-refractivity contribution in [3.8, 4) is 0 Å². The number of hydrogen-bond donors (Lipinski definition) is 2. The predicted molar refractivity (Wildman–Crippen MR) is 136 cm³/mol. The van der Waals surface area contributed by atoms with Gasteiger partial charge in [0.2, 0.25) is 0 Å². The number of alkyl halides is 3. The third-order valence-corrected chi connectivity index (χ3v) is 6.73. The van der Waals surface area contributed by atoms with E-state index in [1.807, 2.05) is 19.1 Å². The minimum atomic E-state index is -4.70. The highest BCUT2D eigenvalue weighted by Gasteiger charge is 2.34. The van der Waals surface area contributed by atoms with Gasteiger partial charge in [0.25, 0.3) is 5.91 Å². The molecule has 4 aromatic rings. The largest absolute Gasteiger partial charge is 0.418 e. The summed E-state index contributed by atoms with van der Waals surface area (Å²) in [5.41, 5.74) is 0.666. The van der Waals surface area contributed by atoms with Gasteiger partial charge in [0, 0.05) is 30.3 Å². The molecule has 4 rings (SSSR count). The van der Waals surface area contributed by atoms with Gasteiger partial charge in [0.1, 0.15) is 28.5 Å². The van der Waals surface area contributed by atoms with E-state index in [0.717, 1.165) is 23.2 Å². The second kappa shape index (κ2) is 11.2. The molecule has 4 heterocycles. The van der Waals surface area contributed by atoms with Crippen molar-refractivity contribution in [3.05, 3.63) is 81.0 Å². The van der Waals surface area contributed by atoms with E-state index in [1.165, 1.54) is 18.6 Å². The molecule has 0 fully saturated rings. The summed E-state index contributed by atoms with van der Waals surface area (Å²) in [5, 5.41) is 5.30. The van der Waals surface area contributed by atoms with Crippen LogP contribution in [0.3, 0.4) is 0 Å².